The van der Waals surface area contributed by atoms with Crippen LogP contribution in [0.4, 0.5) is 18.9 Å². The first kappa shape index (κ1) is 23.4. The topological polar surface area (TPSA) is 62.6 Å². The number of nitrogens with one attached hydrogen (secondary N) is 1. The number of anilines is 1. The predicted octanol–water partition coefficient (Wildman–Crippen LogP) is 6.42. The van der Waals surface area contributed by atoms with Crippen molar-refractivity contribution in [3.8, 4) is 11.3 Å². The first-order valence-electron chi connectivity index (χ1n) is 11.3. The van der Waals surface area contributed by atoms with Crippen LogP contribution in [-0.2, 0) is 19.1 Å². The van der Waals surface area contributed by atoms with Crippen LogP contribution in [0.2, 0.25) is 0 Å². The van der Waals surface area contributed by atoms with Crippen molar-refractivity contribution < 1.29 is 27.2 Å². The van der Waals surface area contributed by atoms with Gasteiger partial charge in [0.1, 0.15) is 11.5 Å². The van der Waals surface area contributed by atoms with E-state index in [9.17, 15) is 22.8 Å². The van der Waals surface area contributed by atoms with Crippen molar-refractivity contribution in [2.24, 2.45) is 0 Å². The number of amides is 2. The number of nitrogens with zero attached hydrogens (tertiary/aromatic N) is 1. The number of carbonyl (C=O) groups excluding carboxylic acids is 2. The molecule has 8 heteroatoms. The first-order valence-corrected chi connectivity index (χ1v) is 11.3. The monoisotopic (exact) mass is 490 g/mol. The van der Waals surface area contributed by atoms with E-state index in [0.717, 1.165) is 29.0 Å². The fourth-order valence-electron chi connectivity index (χ4n) is 4.20. The first-order chi connectivity index (χ1) is 17.3. The highest BCUT2D eigenvalue weighted by atomic mass is 19.4. The Balaban J connectivity index is 1.32. The number of furan rings is 1. The molecule has 3 aromatic carbocycles. The molecule has 0 atom stereocenters. The molecular weight excluding hydrogens is 469 g/mol. The number of hydrogen-bond acceptors (Lipinski definition) is 3. The van der Waals surface area contributed by atoms with Crippen molar-refractivity contribution in [1.29, 1.82) is 0 Å². The van der Waals surface area contributed by atoms with E-state index in [2.05, 4.69) is 5.32 Å². The highest BCUT2D eigenvalue weighted by Gasteiger charge is 2.32. The zero-order chi connectivity index (χ0) is 25.3. The van der Waals surface area contributed by atoms with Gasteiger partial charge in [-0.05, 0) is 48.5 Å². The molecule has 0 spiro atoms. The van der Waals surface area contributed by atoms with Crippen LogP contribution in [0, 0.1) is 0 Å². The Hall–Kier alpha value is -4.33. The molecule has 2 amide bonds. The fourth-order valence-corrected chi connectivity index (χ4v) is 4.20. The molecule has 1 aromatic heterocycles. The summed E-state index contributed by atoms with van der Waals surface area (Å²) < 4.78 is 45.2. The Morgan fingerprint density at radius 1 is 0.861 bits per heavy atom. The van der Waals surface area contributed by atoms with Gasteiger partial charge in [-0.3, -0.25) is 9.59 Å². The largest absolute Gasteiger partial charge is 0.461 e. The van der Waals surface area contributed by atoms with E-state index >= 15 is 0 Å². The maximum Gasteiger partial charge on any atom is 0.416 e. The summed E-state index contributed by atoms with van der Waals surface area (Å²) in [7, 11) is 0. The van der Waals surface area contributed by atoms with Gasteiger partial charge in [0.05, 0.1) is 5.56 Å². The van der Waals surface area contributed by atoms with E-state index in [1.807, 2.05) is 18.2 Å². The summed E-state index contributed by atoms with van der Waals surface area (Å²) in [6.45, 7) is 0.570. The lowest BCUT2D eigenvalue weighted by Gasteiger charge is -2.26. The number of carbonyl (C=O) groups is 2. The van der Waals surface area contributed by atoms with Crippen LogP contribution in [0.15, 0.2) is 89.3 Å². The molecular formula is C28H21F3N2O3. The van der Waals surface area contributed by atoms with Gasteiger partial charge < -0.3 is 14.6 Å². The van der Waals surface area contributed by atoms with Crippen LogP contribution in [0.25, 0.3) is 11.3 Å². The minimum Gasteiger partial charge on any atom is -0.461 e. The smallest absolute Gasteiger partial charge is 0.416 e. The molecule has 1 aliphatic rings. The maximum atomic E-state index is 13.1. The number of alkyl halides is 3. The summed E-state index contributed by atoms with van der Waals surface area (Å²) in [5.41, 5.74) is 1.86. The summed E-state index contributed by atoms with van der Waals surface area (Å²) in [4.78, 5) is 26.9. The van der Waals surface area contributed by atoms with Gasteiger partial charge in [0.15, 0.2) is 0 Å². The predicted molar refractivity (Wildman–Crippen MR) is 128 cm³/mol. The average Bonchev–Trinajstić information content (AvgIpc) is 3.32. The SMILES string of the molecule is O=C(Nc1cccc(-c2cc3c(o2)CCN(C(=O)c2cccc(C(F)(F)F)c2)C3)c1)c1ccccc1. The van der Waals surface area contributed by atoms with Crippen LogP contribution in [0.5, 0.6) is 0 Å². The van der Waals surface area contributed by atoms with Gasteiger partial charge in [-0.15, -0.1) is 0 Å². The molecule has 4 aromatic rings. The Morgan fingerprint density at radius 3 is 2.39 bits per heavy atom. The number of fused-ring (bicyclic) bond motifs is 1. The molecule has 1 N–H and O–H groups in total. The normalized spacial score (nSPS) is 13.2. The highest BCUT2D eigenvalue weighted by molar-refractivity contribution is 6.04. The van der Waals surface area contributed by atoms with Gasteiger partial charge >= 0.3 is 6.18 Å². The fraction of sp³-hybridized carbons (Fsp3) is 0.143. The number of hydrogen-bond donors (Lipinski definition) is 1. The van der Waals surface area contributed by atoms with E-state index < -0.39 is 17.6 Å². The molecule has 0 saturated heterocycles. The lowest BCUT2D eigenvalue weighted by molar-refractivity contribution is -0.137. The second-order valence-corrected chi connectivity index (χ2v) is 8.52. The van der Waals surface area contributed by atoms with Gasteiger partial charge in [0, 0.05) is 47.5 Å². The second-order valence-electron chi connectivity index (χ2n) is 8.52. The minimum atomic E-state index is -4.51. The highest BCUT2D eigenvalue weighted by Crippen LogP contribution is 2.33. The third-order valence-electron chi connectivity index (χ3n) is 6.03. The molecule has 1 aliphatic heterocycles. The summed E-state index contributed by atoms with van der Waals surface area (Å²) >= 11 is 0. The number of benzene rings is 3. The molecule has 182 valence electrons. The van der Waals surface area contributed by atoms with Gasteiger partial charge in [0.2, 0.25) is 0 Å². The van der Waals surface area contributed by atoms with E-state index in [0.29, 0.717) is 30.0 Å². The van der Waals surface area contributed by atoms with Crippen molar-refractivity contribution in [2.45, 2.75) is 19.1 Å². The molecule has 0 radical (unpaired) electrons. The van der Waals surface area contributed by atoms with Crippen LogP contribution in [0.1, 0.15) is 37.6 Å². The van der Waals surface area contributed by atoms with Gasteiger partial charge in [-0.25, -0.2) is 0 Å². The van der Waals surface area contributed by atoms with Crippen LogP contribution >= 0.6 is 0 Å². The summed E-state index contributed by atoms with van der Waals surface area (Å²) in [6.07, 6.45) is -4.07. The lowest BCUT2D eigenvalue weighted by Crippen LogP contribution is -2.35. The zero-order valence-corrected chi connectivity index (χ0v) is 19.0. The molecule has 5 nitrogen and oxygen atoms in total. The Morgan fingerprint density at radius 2 is 1.61 bits per heavy atom. The summed E-state index contributed by atoms with van der Waals surface area (Å²) in [6, 6.07) is 22.4. The van der Waals surface area contributed by atoms with Crippen molar-refractivity contribution >= 4 is 17.5 Å². The Kier molecular flexibility index (Phi) is 6.10. The van der Waals surface area contributed by atoms with Crippen molar-refractivity contribution in [1.82, 2.24) is 4.90 Å². The lowest BCUT2D eigenvalue weighted by atomic mass is 10.0. The number of halogens is 3. The van der Waals surface area contributed by atoms with E-state index in [1.165, 1.54) is 17.0 Å². The quantitative estimate of drug-likeness (QED) is 0.359. The molecule has 0 aliphatic carbocycles. The Labute approximate surface area is 205 Å². The molecule has 5 rings (SSSR count). The van der Waals surface area contributed by atoms with Crippen molar-refractivity contribution in [3.05, 3.63) is 113 Å². The third-order valence-corrected chi connectivity index (χ3v) is 6.03. The summed E-state index contributed by atoms with van der Waals surface area (Å²) in [5.74, 6) is 0.636. The Bertz CT molecular complexity index is 1430. The molecule has 0 fully saturated rings. The molecule has 2 heterocycles. The second kappa shape index (κ2) is 9.37. The van der Waals surface area contributed by atoms with Gasteiger partial charge in [0.25, 0.3) is 11.8 Å². The van der Waals surface area contributed by atoms with Gasteiger partial charge in [-0.2, -0.15) is 13.2 Å². The van der Waals surface area contributed by atoms with Crippen LogP contribution in [0.3, 0.4) is 0 Å². The molecule has 36 heavy (non-hydrogen) atoms. The van der Waals surface area contributed by atoms with Crippen molar-refractivity contribution in [2.75, 3.05) is 11.9 Å². The van der Waals surface area contributed by atoms with Crippen LogP contribution < -0.4 is 5.32 Å². The van der Waals surface area contributed by atoms with E-state index in [4.69, 9.17) is 4.42 Å². The minimum absolute atomic E-state index is 0.00106. The molecule has 0 bridgehead atoms. The maximum absolute atomic E-state index is 13.1. The van der Waals surface area contributed by atoms with E-state index in [1.54, 1.807) is 42.5 Å². The molecule has 0 saturated carbocycles. The molecule has 0 unspecified atom stereocenters. The van der Waals surface area contributed by atoms with E-state index in [-0.39, 0.29) is 18.0 Å². The van der Waals surface area contributed by atoms with Gasteiger partial charge in [-0.1, -0.05) is 36.4 Å². The summed E-state index contributed by atoms with van der Waals surface area (Å²) in [5, 5.41) is 2.87. The average molecular weight is 490 g/mol. The standard InChI is InChI=1S/C28H21F3N2O3/c29-28(30,31)22-10-4-9-20(14-22)27(35)33-13-12-24-21(17-33)16-25(36-24)19-8-5-11-23(15-19)32-26(34)18-6-2-1-3-7-18/h1-11,14-16H,12-13,17H2,(H,32,34). The van der Waals surface area contributed by atoms with Crippen LogP contribution in [-0.4, -0.2) is 23.3 Å². The third kappa shape index (κ3) is 4.88. The van der Waals surface area contributed by atoms with Crippen molar-refractivity contribution in [3.63, 3.8) is 0 Å². The zero-order valence-electron chi connectivity index (χ0n) is 19.0. The number of rotatable bonds is 4.